The van der Waals surface area contributed by atoms with Gasteiger partial charge in [-0.05, 0) is 32.0 Å². The number of hydrogen-bond acceptors (Lipinski definition) is 4. The molecule has 0 aliphatic carbocycles. The van der Waals surface area contributed by atoms with E-state index >= 15 is 0 Å². The van der Waals surface area contributed by atoms with Crippen LogP contribution in [-0.4, -0.2) is 24.0 Å². The third-order valence-electron chi connectivity index (χ3n) is 3.65. The van der Waals surface area contributed by atoms with Crippen molar-refractivity contribution in [2.75, 3.05) is 0 Å². The van der Waals surface area contributed by atoms with E-state index in [2.05, 4.69) is 15.1 Å². The fraction of sp³-hybridized carbons (Fsp3) is 0.125. The Balaban J connectivity index is 1.97. The molecular weight excluding hydrogens is 297 g/mol. The van der Waals surface area contributed by atoms with Crippen molar-refractivity contribution in [2.45, 2.75) is 13.8 Å². The summed E-state index contributed by atoms with van der Waals surface area (Å²) < 4.78 is 16.1. The molecule has 0 fully saturated rings. The van der Waals surface area contributed by atoms with E-state index in [-0.39, 0.29) is 5.56 Å². The summed E-state index contributed by atoms with van der Waals surface area (Å²) >= 11 is 0. The molecule has 4 heterocycles. The first kappa shape index (κ1) is 13.6. The van der Waals surface area contributed by atoms with E-state index < -0.39 is 5.82 Å². The van der Waals surface area contributed by atoms with Crippen molar-refractivity contribution >= 4 is 11.2 Å². The van der Waals surface area contributed by atoms with Gasteiger partial charge >= 0.3 is 0 Å². The van der Waals surface area contributed by atoms with Crippen molar-refractivity contribution < 1.29 is 4.39 Å². The van der Waals surface area contributed by atoms with Gasteiger partial charge in [-0.25, -0.2) is 13.9 Å². The molecule has 0 aromatic carbocycles. The maximum atomic E-state index is 13.3. The molecular formula is C16H12FN5O. The van der Waals surface area contributed by atoms with Gasteiger partial charge in [-0.2, -0.15) is 5.10 Å². The molecule has 0 atom stereocenters. The molecule has 0 saturated heterocycles. The van der Waals surface area contributed by atoms with Crippen molar-refractivity contribution in [1.82, 2.24) is 24.0 Å². The average Bonchev–Trinajstić information content (AvgIpc) is 2.92. The molecule has 0 spiro atoms. The number of nitrogens with zero attached hydrogens (tertiary/aromatic N) is 5. The van der Waals surface area contributed by atoms with Gasteiger partial charge in [0.05, 0.1) is 28.8 Å². The lowest BCUT2D eigenvalue weighted by atomic mass is 10.2. The summed E-state index contributed by atoms with van der Waals surface area (Å²) in [5, 5.41) is 4.46. The maximum Gasteiger partial charge on any atom is 0.258 e. The Morgan fingerprint density at radius 1 is 1.04 bits per heavy atom. The Morgan fingerprint density at radius 3 is 2.70 bits per heavy atom. The van der Waals surface area contributed by atoms with Crippen LogP contribution in [0.1, 0.15) is 11.4 Å². The Morgan fingerprint density at radius 2 is 1.87 bits per heavy atom. The average molecular weight is 309 g/mol. The molecule has 4 aromatic heterocycles. The van der Waals surface area contributed by atoms with Crippen molar-refractivity contribution in [1.29, 1.82) is 0 Å². The largest absolute Gasteiger partial charge is 0.269 e. The zero-order valence-corrected chi connectivity index (χ0v) is 12.5. The lowest BCUT2D eigenvalue weighted by molar-refractivity contribution is 0.617. The van der Waals surface area contributed by atoms with Crippen LogP contribution < -0.4 is 5.56 Å². The highest BCUT2D eigenvalue weighted by Gasteiger charge is 2.11. The van der Waals surface area contributed by atoms with Crippen LogP contribution in [0.5, 0.6) is 0 Å². The molecule has 0 aliphatic rings. The topological polar surface area (TPSA) is 64.6 Å². The van der Waals surface area contributed by atoms with Crippen molar-refractivity contribution in [3.8, 4) is 11.4 Å². The lowest BCUT2D eigenvalue weighted by Gasteiger charge is -2.01. The summed E-state index contributed by atoms with van der Waals surface area (Å²) in [6, 6.07) is 5.92. The number of pyridine rings is 1. The quantitative estimate of drug-likeness (QED) is 0.540. The monoisotopic (exact) mass is 309 g/mol. The molecule has 0 aliphatic heterocycles. The van der Waals surface area contributed by atoms with Crippen molar-refractivity contribution in [2.24, 2.45) is 0 Å². The van der Waals surface area contributed by atoms with Crippen LogP contribution in [0.3, 0.4) is 0 Å². The standard InChI is InChI=1S/C16H12FN5O/c1-9-7-22-14(10(2)18-9)5-13(20-22)12-6-16(23)21-8-11(17)3-4-15(21)19-12/h3-8H,1-2H3. The SMILES string of the molecule is Cc1cn2nc(-c3cc(=O)n4cc(F)ccc4n3)cc2c(C)n1. The van der Waals surface area contributed by atoms with E-state index in [1.54, 1.807) is 4.52 Å². The fourth-order valence-corrected chi connectivity index (χ4v) is 2.62. The van der Waals surface area contributed by atoms with Gasteiger partial charge in [-0.15, -0.1) is 0 Å². The normalized spacial score (nSPS) is 11.4. The van der Waals surface area contributed by atoms with Gasteiger partial charge in [0.25, 0.3) is 5.56 Å². The summed E-state index contributed by atoms with van der Waals surface area (Å²) in [6.45, 7) is 3.79. The second-order valence-corrected chi connectivity index (χ2v) is 5.38. The van der Waals surface area contributed by atoms with Crippen LogP contribution in [0.4, 0.5) is 4.39 Å². The van der Waals surface area contributed by atoms with Gasteiger partial charge < -0.3 is 0 Å². The third kappa shape index (κ3) is 2.17. The Bertz CT molecular complexity index is 1130. The van der Waals surface area contributed by atoms with Gasteiger partial charge in [0.1, 0.15) is 17.2 Å². The minimum absolute atomic E-state index is 0.354. The van der Waals surface area contributed by atoms with Crippen molar-refractivity contribution in [3.63, 3.8) is 0 Å². The maximum absolute atomic E-state index is 13.3. The summed E-state index contributed by atoms with van der Waals surface area (Å²) in [5.41, 5.74) is 3.60. The highest BCUT2D eigenvalue weighted by molar-refractivity contribution is 5.66. The molecule has 0 saturated carbocycles. The van der Waals surface area contributed by atoms with Gasteiger partial charge in [-0.3, -0.25) is 14.2 Å². The Kier molecular flexibility index (Phi) is 2.77. The number of aromatic nitrogens is 5. The molecule has 4 aromatic rings. The van der Waals surface area contributed by atoms with E-state index in [1.165, 1.54) is 22.6 Å². The first-order chi connectivity index (χ1) is 11.0. The van der Waals surface area contributed by atoms with Crippen LogP contribution in [-0.2, 0) is 0 Å². The van der Waals surface area contributed by atoms with Gasteiger partial charge in [-0.1, -0.05) is 0 Å². The molecule has 7 heteroatoms. The molecule has 114 valence electrons. The highest BCUT2D eigenvalue weighted by Crippen LogP contribution is 2.19. The Hall–Kier alpha value is -3.09. The smallest absolute Gasteiger partial charge is 0.258 e. The summed E-state index contributed by atoms with van der Waals surface area (Å²) in [5.74, 6) is -0.487. The van der Waals surface area contributed by atoms with Crippen LogP contribution in [0.15, 0.2) is 41.5 Å². The zero-order valence-electron chi connectivity index (χ0n) is 12.5. The van der Waals surface area contributed by atoms with Gasteiger partial charge in [0.15, 0.2) is 0 Å². The van der Waals surface area contributed by atoms with E-state index in [4.69, 9.17) is 0 Å². The molecule has 0 N–H and O–H groups in total. The predicted molar refractivity (Wildman–Crippen MR) is 82.9 cm³/mol. The summed E-state index contributed by atoms with van der Waals surface area (Å²) in [7, 11) is 0. The highest BCUT2D eigenvalue weighted by atomic mass is 19.1. The lowest BCUT2D eigenvalue weighted by Crippen LogP contribution is -2.14. The molecule has 4 rings (SSSR count). The summed E-state index contributed by atoms with van der Waals surface area (Å²) in [4.78, 5) is 21.0. The second kappa shape index (κ2) is 4.70. The first-order valence-corrected chi connectivity index (χ1v) is 7.04. The van der Waals surface area contributed by atoms with Crippen LogP contribution >= 0.6 is 0 Å². The van der Waals surface area contributed by atoms with E-state index in [0.29, 0.717) is 17.0 Å². The number of hydrogen-bond donors (Lipinski definition) is 0. The minimum atomic E-state index is -0.487. The second-order valence-electron chi connectivity index (χ2n) is 5.38. The Labute approximate surface area is 129 Å². The molecule has 0 radical (unpaired) electrons. The molecule has 0 amide bonds. The van der Waals surface area contributed by atoms with Crippen LogP contribution in [0.25, 0.3) is 22.6 Å². The van der Waals surface area contributed by atoms with Crippen molar-refractivity contribution in [3.05, 3.63) is 64.2 Å². The van der Waals surface area contributed by atoms with E-state index in [9.17, 15) is 9.18 Å². The molecule has 0 bridgehead atoms. The zero-order chi connectivity index (χ0) is 16.1. The third-order valence-corrected chi connectivity index (χ3v) is 3.65. The minimum Gasteiger partial charge on any atom is -0.269 e. The molecule has 0 unspecified atom stereocenters. The van der Waals surface area contributed by atoms with Gasteiger partial charge in [0.2, 0.25) is 0 Å². The predicted octanol–water partition coefficient (Wildman–Crippen LogP) is 2.16. The number of fused-ring (bicyclic) bond motifs is 2. The molecule has 23 heavy (non-hydrogen) atoms. The number of halogens is 1. The molecule has 6 nitrogen and oxygen atoms in total. The summed E-state index contributed by atoms with van der Waals surface area (Å²) in [6.07, 6.45) is 2.94. The van der Waals surface area contributed by atoms with Crippen LogP contribution in [0, 0.1) is 19.7 Å². The number of aryl methyl sites for hydroxylation is 2. The first-order valence-electron chi connectivity index (χ1n) is 7.04. The van der Waals surface area contributed by atoms with Crippen LogP contribution in [0.2, 0.25) is 0 Å². The van der Waals surface area contributed by atoms with E-state index in [1.807, 2.05) is 26.1 Å². The van der Waals surface area contributed by atoms with E-state index in [0.717, 1.165) is 23.1 Å². The van der Waals surface area contributed by atoms with Gasteiger partial charge in [0, 0.05) is 12.3 Å². The number of rotatable bonds is 1. The fourth-order valence-electron chi connectivity index (χ4n) is 2.62.